The van der Waals surface area contributed by atoms with Gasteiger partial charge in [-0.3, -0.25) is 0 Å². The van der Waals surface area contributed by atoms with Crippen molar-refractivity contribution in [1.29, 1.82) is 0 Å². The van der Waals surface area contributed by atoms with Crippen molar-refractivity contribution >= 4 is 12.4 Å². The maximum atomic E-state index is 3.58. The van der Waals surface area contributed by atoms with Crippen LogP contribution in [0.4, 0.5) is 0 Å². The molecule has 1 heterocycles. The van der Waals surface area contributed by atoms with Gasteiger partial charge in [0.25, 0.3) is 0 Å². The standard InChI is InChI=1S/C13H19N.ClH/c1-11-5-7-12(8-6-11)10-13-4-2-3-9-14-13;/h5-8,13-14H,2-4,9-10H2,1H3;1H. The molecular weight excluding hydrogens is 206 g/mol. The average Bonchev–Trinajstić information content (AvgIpc) is 2.23. The van der Waals surface area contributed by atoms with E-state index in [-0.39, 0.29) is 12.4 Å². The van der Waals surface area contributed by atoms with Gasteiger partial charge in [-0.25, -0.2) is 0 Å². The Bertz CT molecular complexity index is 275. The molecule has 15 heavy (non-hydrogen) atoms. The van der Waals surface area contributed by atoms with Gasteiger partial charge in [0.05, 0.1) is 0 Å². The highest BCUT2D eigenvalue weighted by Crippen LogP contribution is 2.13. The second-order valence-corrected chi connectivity index (χ2v) is 4.34. The highest BCUT2D eigenvalue weighted by molar-refractivity contribution is 5.85. The number of benzene rings is 1. The molecule has 1 aromatic rings. The van der Waals surface area contributed by atoms with Crippen LogP contribution in [0.1, 0.15) is 30.4 Å². The van der Waals surface area contributed by atoms with Crippen LogP contribution in [0.2, 0.25) is 0 Å². The first-order valence-corrected chi connectivity index (χ1v) is 5.63. The van der Waals surface area contributed by atoms with E-state index in [1.165, 1.54) is 43.4 Å². The lowest BCUT2D eigenvalue weighted by molar-refractivity contribution is 0.399. The number of nitrogens with one attached hydrogen (secondary N) is 1. The number of halogens is 1. The SMILES string of the molecule is Cc1ccc(CC2CCCCN2)cc1.Cl. The molecule has 0 aromatic heterocycles. The van der Waals surface area contributed by atoms with E-state index in [4.69, 9.17) is 0 Å². The summed E-state index contributed by atoms with van der Waals surface area (Å²) in [6, 6.07) is 9.64. The summed E-state index contributed by atoms with van der Waals surface area (Å²) in [5.41, 5.74) is 2.82. The molecule has 0 saturated carbocycles. The molecule has 2 rings (SSSR count). The van der Waals surface area contributed by atoms with Crippen molar-refractivity contribution in [3.05, 3.63) is 35.4 Å². The Balaban J connectivity index is 0.00000112. The highest BCUT2D eigenvalue weighted by atomic mass is 35.5. The van der Waals surface area contributed by atoms with Crippen molar-refractivity contribution in [2.24, 2.45) is 0 Å². The first-order valence-electron chi connectivity index (χ1n) is 5.63. The van der Waals surface area contributed by atoms with Crippen LogP contribution in [0.25, 0.3) is 0 Å². The van der Waals surface area contributed by atoms with Gasteiger partial charge in [-0.05, 0) is 38.3 Å². The zero-order valence-electron chi connectivity index (χ0n) is 9.33. The summed E-state index contributed by atoms with van der Waals surface area (Å²) in [5, 5.41) is 3.58. The van der Waals surface area contributed by atoms with E-state index in [0.29, 0.717) is 6.04 Å². The first-order chi connectivity index (χ1) is 6.84. The number of aryl methyl sites for hydroxylation is 1. The van der Waals surface area contributed by atoms with Gasteiger partial charge in [0.1, 0.15) is 0 Å². The summed E-state index contributed by atoms with van der Waals surface area (Å²) < 4.78 is 0. The molecule has 1 unspecified atom stereocenters. The molecule has 1 aliphatic rings. The smallest absolute Gasteiger partial charge is 0.0107 e. The number of piperidine rings is 1. The van der Waals surface area contributed by atoms with Crippen molar-refractivity contribution in [1.82, 2.24) is 5.32 Å². The van der Waals surface area contributed by atoms with Gasteiger partial charge in [0.2, 0.25) is 0 Å². The van der Waals surface area contributed by atoms with E-state index in [9.17, 15) is 0 Å². The third-order valence-electron chi connectivity index (χ3n) is 3.02. The van der Waals surface area contributed by atoms with Gasteiger partial charge in [-0.15, -0.1) is 12.4 Å². The molecule has 2 heteroatoms. The van der Waals surface area contributed by atoms with Crippen molar-refractivity contribution in [2.45, 2.75) is 38.6 Å². The molecule has 0 bridgehead atoms. The predicted molar refractivity (Wildman–Crippen MR) is 67.8 cm³/mol. The number of hydrogen-bond donors (Lipinski definition) is 1. The fourth-order valence-electron chi connectivity index (χ4n) is 2.11. The van der Waals surface area contributed by atoms with Crippen LogP contribution in [0.15, 0.2) is 24.3 Å². The molecule has 0 aliphatic carbocycles. The molecule has 1 atom stereocenters. The minimum Gasteiger partial charge on any atom is -0.314 e. The molecule has 0 radical (unpaired) electrons. The molecule has 84 valence electrons. The summed E-state index contributed by atoms with van der Waals surface area (Å²) >= 11 is 0. The lowest BCUT2D eigenvalue weighted by atomic mass is 9.97. The van der Waals surface area contributed by atoms with Gasteiger partial charge >= 0.3 is 0 Å². The molecule has 0 spiro atoms. The summed E-state index contributed by atoms with van der Waals surface area (Å²) in [5.74, 6) is 0. The number of hydrogen-bond acceptors (Lipinski definition) is 1. The molecule has 1 saturated heterocycles. The van der Waals surface area contributed by atoms with Crippen LogP contribution in [0, 0.1) is 6.92 Å². The fraction of sp³-hybridized carbons (Fsp3) is 0.538. The monoisotopic (exact) mass is 225 g/mol. The summed E-state index contributed by atoms with van der Waals surface area (Å²) in [4.78, 5) is 0. The third kappa shape index (κ3) is 3.84. The van der Waals surface area contributed by atoms with Crippen LogP contribution in [-0.4, -0.2) is 12.6 Å². The van der Waals surface area contributed by atoms with Gasteiger partial charge in [0, 0.05) is 6.04 Å². The quantitative estimate of drug-likeness (QED) is 0.816. The molecule has 1 aromatic carbocycles. The first kappa shape index (κ1) is 12.5. The van der Waals surface area contributed by atoms with Gasteiger partial charge in [-0.2, -0.15) is 0 Å². The largest absolute Gasteiger partial charge is 0.314 e. The molecule has 1 nitrogen and oxygen atoms in total. The van der Waals surface area contributed by atoms with Gasteiger partial charge in [-0.1, -0.05) is 36.2 Å². The van der Waals surface area contributed by atoms with E-state index >= 15 is 0 Å². The zero-order chi connectivity index (χ0) is 9.80. The Morgan fingerprint density at radius 1 is 1.20 bits per heavy atom. The highest BCUT2D eigenvalue weighted by Gasteiger charge is 2.12. The second kappa shape index (κ2) is 6.14. The summed E-state index contributed by atoms with van der Waals surface area (Å²) in [6.07, 6.45) is 5.28. The summed E-state index contributed by atoms with van der Waals surface area (Å²) in [6.45, 7) is 3.35. The molecule has 1 N–H and O–H groups in total. The molecule has 1 fully saturated rings. The minimum absolute atomic E-state index is 0. The lowest BCUT2D eigenvalue weighted by Gasteiger charge is -2.23. The lowest BCUT2D eigenvalue weighted by Crippen LogP contribution is -2.35. The fourth-order valence-corrected chi connectivity index (χ4v) is 2.11. The van der Waals surface area contributed by atoms with Crippen LogP contribution >= 0.6 is 12.4 Å². The molecular formula is C13H20ClN. The molecule has 1 aliphatic heterocycles. The Kier molecular flexibility index (Phi) is 5.13. The summed E-state index contributed by atoms with van der Waals surface area (Å²) in [7, 11) is 0. The average molecular weight is 226 g/mol. The van der Waals surface area contributed by atoms with Crippen LogP contribution in [0.3, 0.4) is 0 Å². The minimum atomic E-state index is 0. The van der Waals surface area contributed by atoms with Crippen LogP contribution in [-0.2, 0) is 6.42 Å². The van der Waals surface area contributed by atoms with E-state index in [1.54, 1.807) is 0 Å². The Morgan fingerprint density at radius 2 is 1.93 bits per heavy atom. The van der Waals surface area contributed by atoms with Crippen molar-refractivity contribution < 1.29 is 0 Å². The maximum Gasteiger partial charge on any atom is 0.0107 e. The van der Waals surface area contributed by atoms with Gasteiger partial charge in [0.15, 0.2) is 0 Å². The topological polar surface area (TPSA) is 12.0 Å². The van der Waals surface area contributed by atoms with Crippen LogP contribution < -0.4 is 5.32 Å². The van der Waals surface area contributed by atoms with Crippen molar-refractivity contribution in [3.8, 4) is 0 Å². The van der Waals surface area contributed by atoms with Crippen LogP contribution in [0.5, 0.6) is 0 Å². The van der Waals surface area contributed by atoms with E-state index in [1.807, 2.05) is 0 Å². The zero-order valence-corrected chi connectivity index (χ0v) is 10.1. The van der Waals surface area contributed by atoms with E-state index in [2.05, 4.69) is 36.5 Å². The Morgan fingerprint density at radius 3 is 2.53 bits per heavy atom. The normalized spacial score (nSPS) is 20.7. The Labute approximate surface area is 98.7 Å². The van der Waals surface area contributed by atoms with Gasteiger partial charge < -0.3 is 5.32 Å². The third-order valence-corrected chi connectivity index (χ3v) is 3.02. The van der Waals surface area contributed by atoms with Crippen molar-refractivity contribution in [2.75, 3.05) is 6.54 Å². The second-order valence-electron chi connectivity index (χ2n) is 4.34. The number of rotatable bonds is 2. The van der Waals surface area contributed by atoms with Crippen molar-refractivity contribution in [3.63, 3.8) is 0 Å². The maximum absolute atomic E-state index is 3.58. The molecule has 0 amide bonds. The van der Waals surface area contributed by atoms with E-state index in [0.717, 1.165) is 0 Å². The van der Waals surface area contributed by atoms with E-state index < -0.39 is 0 Å². The predicted octanol–water partition coefficient (Wildman–Crippen LogP) is 3.10. The Hall–Kier alpha value is -0.530.